The lowest BCUT2D eigenvalue weighted by Gasteiger charge is -2.29. The summed E-state index contributed by atoms with van der Waals surface area (Å²) in [5, 5.41) is 0. The molecule has 0 aliphatic carbocycles. The number of ether oxygens (including phenoxy) is 1. The SMILES string of the molecule is CC(CI)(OCCC(F)(F)F)c1ccccc1Br. The molecule has 0 heterocycles. The molecule has 0 aliphatic heterocycles. The van der Waals surface area contributed by atoms with Gasteiger partial charge in [-0.1, -0.05) is 56.7 Å². The second-order valence-electron chi connectivity index (χ2n) is 4.06. The average molecular weight is 437 g/mol. The maximum atomic E-state index is 12.1. The summed E-state index contributed by atoms with van der Waals surface area (Å²) in [4.78, 5) is 0. The van der Waals surface area contributed by atoms with Crippen LogP contribution >= 0.6 is 38.5 Å². The highest BCUT2D eigenvalue weighted by molar-refractivity contribution is 14.1. The second-order valence-corrected chi connectivity index (χ2v) is 5.68. The van der Waals surface area contributed by atoms with Crippen LogP contribution in [0, 0.1) is 0 Å². The predicted octanol–water partition coefficient (Wildman–Crippen LogP) is 5.07. The lowest BCUT2D eigenvalue weighted by Crippen LogP contribution is -2.30. The normalized spacial score (nSPS) is 15.4. The minimum absolute atomic E-state index is 0.329. The summed E-state index contributed by atoms with van der Waals surface area (Å²) in [6.45, 7) is 1.47. The molecule has 1 aromatic rings. The molecule has 0 N–H and O–H groups in total. The van der Waals surface area contributed by atoms with Crippen molar-refractivity contribution in [3.63, 3.8) is 0 Å². The van der Waals surface area contributed by atoms with Crippen molar-refractivity contribution in [1.29, 1.82) is 0 Å². The van der Waals surface area contributed by atoms with Gasteiger partial charge < -0.3 is 4.74 Å². The number of hydrogen-bond donors (Lipinski definition) is 0. The highest BCUT2D eigenvalue weighted by Gasteiger charge is 2.32. The van der Waals surface area contributed by atoms with Crippen LogP contribution in [0.4, 0.5) is 13.2 Å². The molecule has 0 radical (unpaired) electrons. The van der Waals surface area contributed by atoms with Crippen LogP contribution in [0.1, 0.15) is 18.9 Å². The van der Waals surface area contributed by atoms with Crippen LogP contribution in [0.5, 0.6) is 0 Å². The Bertz CT molecular complexity index is 397. The van der Waals surface area contributed by atoms with Crippen LogP contribution in [0.3, 0.4) is 0 Å². The average Bonchev–Trinajstić information content (AvgIpc) is 2.27. The molecule has 0 amide bonds. The van der Waals surface area contributed by atoms with Gasteiger partial charge in [-0.15, -0.1) is 0 Å². The summed E-state index contributed by atoms with van der Waals surface area (Å²) in [6, 6.07) is 7.41. The van der Waals surface area contributed by atoms with E-state index in [1.807, 2.05) is 24.3 Å². The van der Waals surface area contributed by atoms with E-state index < -0.39 is 18.2 Å². The van der Waals surface area contributed by atoms with Gasteiger partial charge in [0.25, 0.3) is 0 Å². The molecule has 0 aliphatic rings. The fraction of sp³-hybridized carbons (Fsp3) is 0.500. The zero-order valence-corrected chi connectivity index (χ0v) is 13.5. The summed E-state index contributed by atoms with van der Waals surface area (Å²) in [5.74, 6) is 0. The van der Waals surface area contributed by atoms with Crippen LogP contribution in [0.25, 0.3) is 0 Å². The Morgan fingerprint density at radius 3 is 2.39 bits per heavy atom. The van der Waals surface area contributed by atoms with Crippen LogP contribution in [-0.2, 0) is 10.3 Å². The third kappa shape index (κ3) is 4.70. The van der Waals surface area contributed by atoms with Gasteiger partial charge >= 0.3 is 6.18 Å². The number of rotatable bonds is 5. The summed E-state index contributed by atoms with van der Waals surface area (Å²) in [5.41, 5.74) is 0.146. The Hall–Kier alpha value is 0.180. The van der Waals surface area contributed by atoms with E-state index in [4.69, 9.17) is 4.74 Å². The molecule has 0 bridgehead atoms. The van der Waals surface area contributed by atoms with Crippen molar-refractivity contribution in [1.82, 2.24) is 0 Å². The lowest BCUT2D eigenvalue weighted by atomic mass is 9.98. The van der Waals surface area contributed by atoms with Crippen molar-refractivity contribution in [2.24, 2.45) is 0 Å². The second kappa shape index (κ2) is 6.56. The first-order valence-corrected chi connectivity index (χ1v) is 7.62. The van der Waals surface area contributed by atoms with Crippen molar-refractivity contribution in [3.05, 3.63) is 34.3 Å². The Morgan fingerprint density at radius 1 is 1.28 bits per heavy atom. The van der Waals surface area contributed by atoms with E-state index in [2.05, 4.69) is 38.5 Å². The molecule has 1 unspecified atom stereocenters. The first-order chi connectivity index (χ1) is 8.28. The standard InChI is InChI=1S/C12H13BrF3IO/c1-11(8-17,18-7-6-12(14,15)16)9-4-2-3-5-10(9)13/h2-5H,6-8H2,1H3. The topological polar surface area (TPSA) is 9.23 Å². The lowest BCUT2D eigenvalue weighted by molar-refractivity contribution is -0.155. The van der Waals surface area contributed by atoms with Gasteiger partial charge in [-0.3, -0.25) is 0 Å². The first-order valence-electron chi connectivity index (χ1n) is 5.30. The Labute approximate surface area is 126 Å². The fourth-order valence-corrected chi connectivity index (χ4v) is 2.81. The summed E-state index contributed by atoms with van der Waals surface area (Å²) in [7, 11) is 0. The fourth-order valence-electron chi connectivity index (χ4n) is 1.47. The van der Waals surface area contributed by atoms with Crippen molar-refractivity contribution in [3.8, 4) is 0 Å². The number of hydrogen-bond acceptors (Lipinski definition) is 1. The third-order valence-corrected chi connectivity index (χ3v) is 4.65. The van der Waals surface area contributed by atoms with E-state index in [0.29, 0.717) is 4.43 Å². The zero-order chi connectivity index (χ0) is 13.8. The van der Waals surface area contributed by atoms with Gasteiger partial charge in [0, 0.05) is 8.90 Å². The summed E-state index contributed by atoms with van der Waals surface area (Å²) >= 11 is 5.52. The quantitative estimate of drug-likeness (QED) is 0.462. The molecule has 0 aromatic heterocycles. The monoisotopic (exact) mass is 436 g/mol. The first kappa shape index (κ1) is 16.2. The molecule has 102 valence electrons. The maximum Gasteiger partial charge on any atom is 0.391 e. The van der Waals surface area contributed by atoms with E-state index in [0.717, 1.165) is 10.0 Å². The Balaban J connectivity index is 2.77. The van der Waals surface area contributed by atoms with E-state index in [-0.39, 0.29) is 6.61 Å². The Kier molecular flexibility index (Phi) is 5.92. The molecule has 0 saturated carbocycles. The number of alkyl halides is 4. The van der Waals surface area contributed by atoms with Gasteiger partial charge in [-0.2, -0.15) is 13.2 Å². The van der Waals surface area contributed by atoms with Gasteiger partial charge in [0.15, 0.2) is 0 Å². The minimum atomic E-state index is -4.18. The molecular weight excluding hydrogens is 424 g/mol. The maximum absolute atomic E-state index is 12.1. The van der Waals surface area contributed by atoms with Crippen molar-refractivity contribution in [2.75, 3.05) is 11.0 Å². The number of halogens is 5. The molecule has 1 aromatic carbocycles. The minimum Gasteiger partial charge on any atom is -0.369 e. The number of benzene rings is 1. The molecule has 1 nitrogen and oxygen atoms in total. The van der Waals surface area contributed by atoms with Crippen LogP contribution in [0.15, 0.2) is 28.7 Å². The molecule has 6 heteroatoms. The molecule has 0 saturated heterocycles. The third-order valence-electron chi connectivity index (χ3n) is 2.50. The Morgan fingerprint density at radius 2 is 1.89 bits per heavy atom. The van der Waals surface area contributed by atoms with Crippen molar-refractivity contribution < 1.29 is 17.9 Å². The summed E-state index contributed by atoms with van der Waals surface area (Å²) < 4.78 is 43.3. The van der Waals surface area contributed by atoms with Gasteiger partial charge in [-0.25, -0.2) is 0 Å². The van der Waals surface area contributed by atoms with Gasteiger partial charge in [0.2, 0.25) is 0 Å². The molecule has 1 rings (SSSR count). The molecule has 0 spiro atoms. The van der Waals surface area contributed by atoms with Crippen molar-refractivity contribution in [2.45, 2.75) is 25.1 Å². The van der Waals surface area contributed by atoms with E-state index in [1.54, 1.807) is 6.92 Å². The largest absolute Gasteiger partial charge is 0.391 e. The van der Waals surface area contributed by atoms with E-state index >= 15 is 0 Å². The van der Waals surface area contributed by atoms with Crippen LogP contribution in [-0.4, -0.2) is 17.2 Å². The summed E-state index contributed by atoms with van der Waals surface area (Å²) in [6.07, 6.45) is -5.11. The van der Waals surface area contributed by atoms with E-state index in [1.165, 1.54) is 0 Å². The molecule has 18 heavy (non-hydrogen) atoms. The zero-order valence-electron chi connectivity index (χ0n) is 9.73. The van der Waals surface area contributed by atoms with Gasteiger partial charge in [-0.05, 0) is 18.6 Å². The van der Waals surface area contributed by atoms with Gasteiger partial charge in [0.05, 0.1) is 13.0 Å². The van der Waals surface area contributed by atoms with Crippen molar-refractivity contribution >= 4 is 38.5 Å². The predicted molar refractivity (Wildman–Crippen MR) is 77.0 cm³/mol. The highest BCUT2D eigenvalue weighted by atomic mass is 127. The molecule has 1 atom stereocenters. The highest BCUT2D eigenvalue weighted by Crippen LogP contribution is 2.34. The molecular formula is C12H13BrF3IO. The van der Waals surface area contributed by atoms with Crippen LogP contribution < -0.4 is 0 Å². The van der Waals surface area contributed by atoms with E-state index in [9.17, 15) is 13.2 Å². The smallest absolute Gasteiger partial charge is 0.369 e. The van der Waals surface area contributed by atoms with Gasteiger partial charge in [0.1, 0.15) is 5.60 Å². The molecule has 0 fully saturated rings. The van der Waals surface area contributed by atoms with Crippen LogP contribution in [0.2, 0.25) is 0 Å².